The predicted molar refractivity (Wildman–Crippen MR) is 81.2 cm³/mol. The molecule has 0 unspecified atom stereocenters. The average molecular weight is 309 g/mol. The van der Waals surface area contributed by atoms with Crippen molar-refractivity contribution in [3.63, 3.8) is 0 Å². The monoisotopic (exact) mass is 308 g/mol. The minimum atomic E-state index is -0.387. The third-order valence-corrected chi connectivity index (χ3v) is 3.39. The van der Waals surface area contributed by atoms with E-state index in [-0.39, 0.29) is 16.5 Å². The van der Waals surface area contributed by atoms with Gasteiger partial charge in [-0.3, -0.25) is 10.1 Å². The lowest BCUT2D eigenvalue weighted by molar-refractivity contribution is -0.385. The third kappa shape index (κ3) is 3.21. The molecule has 0 fully saturated rings. The molecule has 0 saturated carbocycles. The quantitative estimate of drug-likeness (QED) is 0.481. The van der Waals surface area contributed by atoms with Gasteiger partial charge >= 0.3 is 0 Å². The zero-order valence-electron chi connectivity index (χ0n) is 12.2. The number of alkyl halides is 1. The minimum absolute atomic E-state index is 0.103. The van der Waals surface area contributed by atoms with Crippen molar-refractivity contribution in [2.75, 3.05) is 0 Å². The maximum absolute atomic E-state index is 10.9. The van der Waals surface area contributed by atoms with Crippen molar-refractivity contribution in [3.05, 3.63) is 39.7 Å². The van der Waals surface area contributed by atoms with E-state index in [0.717, 1.165) is 12.1 Å². The third-order valence-electron chi connectivity index (χ3n) is 3.15. The Balaban J connectivity index is 2.49. The SMILES string of the molecule is Cc1cc(-c2nnc(CCl)n2CC(C)C)ccc1[N+](=O)[O-]. The van der Waals surface area contributed by atoms with Gasteiger partial charge in [0.2, 0.25) is 0 Å². The molecular weight excluding hydrogens is 292 g/mol. The summed E-state index contributed by atoms with van der Waals surface area (Å²) in [6, 6.07) is 4.96. The lowest BCUT2D eigenvalue weighted by Crippen LogP contribution is -2.09. The first-order chi connectivity index (χ1) is 9.93. The first-order valence-corrected chi connectivity index (χ1v) is 7.21. The van der Waals surface area contributed by atoms with Gasteiger partial charge in [-0.1, -0.05) is 13.8 Å². The maximum atomic E-state index is 10.9. The van der Waals surface area contributed by atoms with Gasteiger partial charge in [0.25, 0.3) is 5.69 Å². The van der Waals surface area contributed by atoms with E-state index in [1.165, 1.54) is 6.07 Å². The van der Waals surface area contributed by atoms with Gasteiger partial charge < -0.3 is 4.57 Å². The summed E-state index contributed by atoms with van der Waals surface area (Å²) in [6.45, 7) is 6.67. The Hall–Kier alpha value is -1.95. The number of nitro benzene ring substituents is 1. The summed E-state index contributed by atoms with van der Waals surface area (Å²) in [7, 11) is 0. The fraction of sp³-hybridized carbons (Fsp3) is 0.429. The van der Waals surface area contributed by atoms with E-state index in [4.69, 9.17) is 11.6 Å². The molecule has 1 aromatic heterocycles. The highest BCUT2D eigenvalue weighted by Gasteiger charge is 2.17. The molecule has 0 radical (unpaired) electrons. The van der Waals surface area contributed by atoms with Crippen molar-refractivity contribution in [2.45, 2.75) is 33.2 Å². The van der Waals surface area contributed by atoms with Crippen LogP contribution in [0.3, 0.4) is 0 Å². The largest absolute Gasteiger partial charge is 0.310 e. The first kappa shape index (κ1) is 15.4. The van der Waals surface area contributed by atoms with Crippen molar-refractivity contribution in [2.24, 2.45) is 5.92 Å². The molecule has 0 aliphatic rings. The number of nitro groups is 1. The lowest BCUT2D eigenvalue weighted by atomic mass is 10.1. The molecule has 21 heavy (non-hydrogen) atoms. The molecule has 7 heteroatoms. The van der Waals surface area contributed by atoms with Crippen LogP contribution in [0.1, 0.15) is 25.2 Å². The Morgan fingerprint density at radius 1 is 1.38 bits per heavy atom. The second-order valence-corrected chi connectivity index (χ2v) is 5.60. The van der Waals surface area contributed by atoms with Gasteiger partial charge in [-0.05, 0) is 25.0 Å². The second kappa shape index (κ2) is 6.22. The van der Waals surface area contributed by atoms with Gasteiger partial charge in [0, 0.05) is 23.7 Å². The average Bonchev–Trinajstić information content (AvgIpc) is 2.80. The molecule has 2 aromatic rings. The van der Waals surface area contributed by atoms with Gasteiger partial charge in [0.15, 0.2) is 5.82 Å². The van der Waals surface area contributed by atoms with E-state index >= 15 is 0 Å². The smallest absolute Gasteiger partial charge is 0.272 e. The van der Waals surface area contributed by atoms with Gasteiger partial charge in [-0.25, -0.2) is 0 Å². The van der Waals surface area contributed by atoms with E-state index in [0.29, 0.717) is 23.1 Å². The zero-order valence-corrected chi connectivity index (χ0v) is 13.0. The summed E-state index contributed by atoms with van der Waals surface area (Å²) in [6.07, 6.45) is 0. The van der Waals surface area contributed by atoms with Crippen LogP contribution in [0.4, 0.5) is 5.69 Å². The zero-order chi connectivity index (χ0) is 15.6. The number of hydrogen-bond donors (Lipinski definition) is 0. The molecule has 0 spiro atoms. The Bertz CT molecular complexity index is 667. The number of halogens is 1. The first-order valence-electron chi connectivity index (χ1n) is 6.67. The van der Waals surface area contributed by atoms with E-state index in [9.17, 15) is 10.1 Å². The van der Waals surface area contributed by atoms with E-state index in [2.05, 4.69) is 24.0 Å². The van der Waals surface area contributed by atoms with Gasteiger partial charge in [-0.2, -0.15) is 0 Å². The predicted octanol–water partition coefficient (Wildman–Crippen LogP) is 3.56. The summed E-state index contributed by atoms with van der Waals surface area (Å²) in [5.41, 5.74) is 1.51. The highest BCUT2D eigenvalue weighted by Crippen LogP contribution is 2.26. The van der Waals surface area contributed by atoms with Crippen LogP contribution in [0.25, 0.3) is 11.4 Å². The lowest BCUT2D eigenvalue weighted by Gasteiger charge is -2.12. The molecule has 0 bridgehead atoms. The standard InChI is InChI=1S/C14H17ClN4O2/c1-9(2)8-18-13(7-15)16-17-14(18)11-4-5-12(19(20)21)10(3)6-11/h4-6,9H,7-8H2,1-3H3. The van der Waals surface area contributed by atoms with Gasteiger partial charge in [-0.15, -0.1) is 21.8 Å². The Labute approximate surface area is 127 Å². The van der Waals surface area contributed by atoms with Crippen LogP contribution < -0.4 is 0 Å². The Kier molecular flexibility index (Phi) is 4.57. The van der Waals surface area contributed by atoms with Gasteiger partial charge in [0.05, 0.1) is 10.8 Å². The van der Waals surface area contributed by atoms with Gasteiger partial charge in [0.1, 0.15) is 5.82 Å². The minimum Gasteiger partial charge on any atom is -0.310 e. The number of rotatable bonds is 5. The van der Waals surface area contributed by atoms with Crippen LogP contribution in [0.15, 0.2) is 18.2 Å². The molecule has 0 amide bonds. The van der Waals surface area contributed by atoms with Crippen LogP contribution in [0.5, 0.6) is 0 Å². The normalized spacial score (nSPS) is 11.1. The molecular formula is C14H17ClN4O2. The van der Waals surface area contributed by atoms with Crippen LogP contribution in [-0.4, -0.2) is 19.7 Å². The molecule has 2 rings (SSSR count). The Morgan fingerprint density at radius 2 is 2.10 bits per heavy atom. The van der Waals surface area contributed by atoms with Crippen LogP contribution in [0, 0.1) is 23.0 Å². The molecule has 0 aliphatic carbocycles. The van der Waals surface area contributed by atoms with E-state index in [1.54, 1.807) is 19.1 Å². The van der Waals surface area contributed by atoms with Crippen molar-refractivity contribution < 1.29 is 4.92 Å². The number of nitrogens with zero attached hydrogens (tertiary/aromatic N) is 4. The molecule has 0 aliphatic heterocycles. The molecule has 6 nitrogen and oxygen atoms in total. The number of aromatic nitrogens is 3. The molecule has 0 saturated heterocycles. The van der Waals surface area contributed by atoms with Crippen molar-refractivity contribution in [3.8, 4) is 11.4 Å². The van der Waals surface area contributed by atoms with Crippen LogP contribution in [0.2, 0.25) is 0 Å². The van der Waals surface area contributed by atoms with Crippen molar-refractivity contribution in [1.29, 1.82) is 0 Å². The number of hydrogen-bond acceptors (Lipinski definition) is 4. The maximum Gasteiger partial charge on any atom is 0.272 e. The van der Waals surface area contributed by atoms with E-state index in [1.807, 2.05) is 4.57 Å². The summed E-state index contributed by atoms with van der Waals surface area (Å²) < 4.78 is 1.97. The molecule has 0 N–H and O–H groups in total. The highest BCUT2D eigenvalue weighted by atomic mass is 35.5. The fourth-order valence-electron chi connectivity index (χ4n) is 2.20. The summed E-state index contributed by atoms with van der Waals surface area (Å²) in [5.74, 6) is 2.10. The van der Waals surface area contributed by atoms with E-state index < -0.39 is 0 Å². The second-order valence-electron chi connectivity index (χ2n) is 5.34. The number of aryl methyl sites for hydroxylation is 1. The summed E-state index contributed by atoms with van der Waals surface area (Å²) in [5, 5.41) is 19.2. The number of benzene rings is 1. The van der Waals surface area contributed by atoms with Crippen LogP contribution in [-0.2, 0) is 12.4 Å². The van der Waals surface area contributed by atoms with Crippen molar-refractivity contribution >= 4 is 17.3 Å². The molecule has 112 valence electrons. The summed E-state index contributed by atoms with van der Waals surface area (Å²) >= 11 is 5.90. The van der Waals surface area contributed by atoms with Crippen molar-refractivity contribution in [1.82, 2.24) is 14.8 Å². The topological polar surface area (TPSA) is 73.8 Å². The molecule has 1 aromatic carbocycles. The molecule has 1 heterocycles. The highest BCUT2D eigenvalue weighted by molar-refractivity contribution is 6.16. The Morgan fingerprint density at radius 3 is 2.62 bits per heavy atom. The van der Waals surface area contributed by atoms with Crippen LogP contribution >= 0.6 is 11.6 Å². The fourth-order valence-corrected chi connectivity index (χ4v) is 2.40. The summed E-state index contributed by atoms with van der Waals surface area (Å²) in [4.78, 5) is 10.5. The molecule has 0 atom stereocenters.